The van der Waals surface area contributed by atoms with E-state index in [1.54, 1.807) is 31.2 Å². The average molecular weight is 482 g/mol. The lowest BCUT2D eigenvalue weighted by Gasteiger charge is -2.23. The van der Waals surface area contributed by atoms with Crippen LogP contribution in [-0.2, 0) is 14.3 Å². The molecule has 1 aliphatic heterocycles. The second-order valence-electron chi connectivity index (χ2n) is 7.40. The molecule has 4 N–H and O–H groups in total. The smallest absolute Gasteiger partial charge is 0.338 e. The van der Waals surface area contributed by atoms with Gasteiger partial charge in [0, 0.05) is 22.8 Å². The number of nitrogens with zero attached hydrogens (tertiary/aromatic N) is 1. The summed E-state index contributed by atoms with van der Waals surface area (Å²) in [5.41, 5.74) is 0.857. The molecule has 0 radical (unpaired) electrons. The normalized spacial score (nSPS) is 14.5. The Morgan fingerprint density at radius 2 is 1.76 bits per heavy atom. The van der Waals surface area contributed by atoms with Gasteiger partial charge in [-0.25, -0.2) is 4.79 Å². The quantitative estimate of drug-likeness (QED) is 0.395. The Hall–Kier alpha value is -4.18. The molecule has 0 saturated carbocycles. The number of benzene rings is 2. The molecule has 1 aliphatic rings. The summed E-state index contributed by atoms with van der Waals surface area (Å²) in [5, 5.41) is 8.71. The Balaban J connectivity index is 1.55. The number of hydrogen-bond donors (Lipinski definition) is 4. The molecule has 11 heteroatoms. The van der Waals surface area contributed by atoms with Crippen molar-refractivity contribution in [1.29, 1.82) is 0 Å². The fourth-order valence-corrected chi connectivity index (χ4v) is 3.58. The van der Waals surface area contributed by atoms with Crippen LogP contribution in [0.3, 0.4) is 0 Å². The topological polar surface area (TPSA) is 142 Å². The van der Waals surface area contributed by atoms with E-state index < -0.39 is 29.3 Å². The van der Waals surface area contributed by atoms with Crippen molar-refractivity contribution in [2.75, 3.05) is 22.6 Å². The molecule has 34 heavy (non-hydrogen) atoms. The van der Waals surface area contributed by atoms with Gasteiger partial charge in [0.15, 0.2) is 0 Å². The lowest BCUT2D eigenvalue weighted by molar-refractivity contribution is -0.123. The average Bonchev–Trinajstić information content (AvgIpc) is 2.80. The third kappa shape index (κ3) is 5.07. The highest BCUT2D eigenvalue weighted by Gasteiger charge is 2.34. The van der Waals surface area contributed by atoms with Gasteiger partial charge in [-0.05, 0) is 55.5 Å². The summed E-state index contributed by atoms with van der Waals surface area (Å²) >= 11 is 5.88. The fraction of sp³-hybridized carbons (Fsp3) is 0.174. The molecule has 0 bridgehead atoms. The number of ether oxygens (including phenoxy) is 1. The zero-order chi connectivity index (χ0) is 24.2. The van der Waals surface area contributed by atoms with Crippen molar-refractivity contribution in [3.63, 3.8) is 0 Å². The van der Waals surface area contributed by atoms with Crippen LogP contribution in [0.15, 0.2) is 53.3 Å². The lowest BCUT2D eigenvalue weighted by atomic mass is 9.92. The first-order valence-electron chi connectivity index (χ1n) is 10.4. The number of rotatable bonds is 6. The number of carbonyl (C=O) groups is 3. The van der Waals surface area contributed by atoms with Crippen LogP contribution in [0.2, 0.25) is 5.02 Å². The van der Waals surface area contributed by atoms with Crippen molar-refractivity contribution in [1.82, 2.24) is 9.97 Å². The molecule has 4 rings (SSSR count). The maximum atomic E-state index is 13.0. The summed E-state index contributed by atoms with van der Waals surface area (Å²) in [4.78, 5) is 56.7. The van der Waals surface area contributed by atoms with Gasteiger partial charge in [-0.1, -0.05) is 11.6 Å². The first kappa shape index (κ1) is 23.0. The first-order valence-corrected chi connectivity index (χ1v) is 10.8. The molecule has 174 valence electrons. The molecule has 0 aliphatic carbocycles. The van der Waals surface area contributed by atoms with Crippen molar-refractivity contribution < 1.29 is 19.1 Å². The van der Waals surface area contributed by atoms with Gasteiger partial charge in [-0.15, -0.1) is 0 Å². The third-order valence-electron chi connectivity index (χ3n) is 5.04. The number of aromatic nitrogens is 2. The SMILES string of the molecule is CCOC(=O)c1ccc(NC(=O)[C@@H]2CC(=O)Nc3nc(Nc4ccc(Cl)cc4)[nH]c(=O)c32)cc1. The Labute approximate surface area is 198 Å². The van der Waals surface area contributed by atoms with Crippen LogP contribution in [0.25, 0.3) is 0 Å². The second-order valence-corrected chi connectivity index (χ2v) is 7.84. The maximum Gasteiger partial charge on any atom is 0.338 e. The molecule has 1 aromatic heterocycles. The molecule has 10 nitrogen and oxygen atoms in total. The van der Waals surface area contributed by atoms with Crippen molar-refractivity contribution in [3.05, 3.63) is 75.0 Å². The molecule has 2 amide bonds. The summed E-state index contributed by atoms with van der Waals surface area (Å²) in [6, 6.07) is 12.8. The van der Waals surface area contributed by atoms with Gasteiger partial charge in [0.1, 0.15) is 5.82 Å². The van der Waals surface area contributed by atoms with E-state index >= 15 is 0 Å². The van der Waals surface area contributed by atoms with Crippen molar-refractivity contribution >= 4 is 52.5 Å². The van der Waals surface area contributed by atoms with E-state index in [-0.39, 0.29) is 30.4 Å². The van der Waals surface area contributed by atoms with Crippen LogP contribution in [0.4, 0.5) is 23.1 Å². The highest BCUT2D eigenvalue weighted by Crippen LogP contribution is 2.30. The maximum absolute atomic E-state index is 13.0. The van der Waals surface area contributed by atoms with E-state index in [0.717, 1.165) is 0 Å². The second kappa shape index (κ2) is 9.75. The number of halogens is 1. The minimum Gasteiger partial charge on any atom is -0.462 e. The van der Waals surface area contributed by atoms with E-state index in [2.05, 4.69) is 25.9 Å². The van der Waals surface area contributed by atoms with E-state index in [1.807, 2.05) is 0 Å². The zero-order valence-corrected chi connectivity index (χ0v) is 18.7. The molecule has 2 aromatic carbocycles. The van der Waals surface area contributed by atoms with E-state index in [4.69, 9.17) is 16.3 Å². The Bertz CT molecular complexity index is 1300. The van der Waals surface area contributed by atoms with E-state index in [0.29, 0.717) is 22.0 Å². The number of carbonyl (C=O) groups excluding carboxylic acids is 3. The van der Waals surface area contributed by atoms with Crippen molar-refractivity contribution in [3.8, 4) is 0 Å². The molecule has 3 aromatic rings. The number of esters is 1. The van der Waals surface area contributed by atoms with Gasteiger partial charge in [-0.3, -0.25) is 19.4 Å². The number of hydrogen-bond acceptors (Lipinski definition) is 7. The Morgan fingerprint density at radius 3 is 2.44 bits per heavy atom. The van der Waals surface area contributed by atoms with Crippen LogP contribution in [0, 0.1) is 0 Å². The molecule has 0 saturated heterocycles. The highest BCUT2D eigenvalue weighted by molar-refractivity contribution is 6.30. The fourth-order valence-electron chi connectivity index (χ4n) is 3.46. The molecule has 0 unspecified atom stereocenters. The molecular weight excluding hydrogens is 462 g/mol. The predicted molar refractivity (Wildman–Crippen MR) is 127 cm³/mol. The monoisotopic (exact) mass is 481 g/mol. The zero-order valence-electron chi connectivity index (χ0n) is 18.0. The van der Waals surface area contributed by atoms with Crippen molar-refractivity contribution in [2.45, 2.75) is 19.3 Å². The van der Waals surface area contributed by atoms with E-state index in [1.165, 1.54) is 24.3 Å². The Kier molecular flexibility index (Phi) is 6.60. The van der Waals surface area contributed by atoms with Gasteiger partial charge in [-0.2, -0.15) is 4.98 Å². The molecule has 0 fully saturated rings. The molecule has 2 heterocycles. The number of fused-ring (bicyclic) bond motifs is 1. The van der Waals surface area contributed by atoms with Crippen LogP contribution in [-0.4, -0.2) is 34.4 Å². The van der Waals surface area contributed by atoms with Gasteiger partial charge < -0.3 is 20.7 Å². The predicted octanol–water partition coefficient (Wildman–Crippen LogP) is 3.41. The number of amides is 2. The summed E-state index contributed by atoms with van der Waals surface area (Å²) in [5.74, 6) is -2.41. The van der Waals surface area contributed by atoms with Crippen molar-refractivity contribution in [2.24, 2.45) is 0 Å². The summed E-state index contributed by atoms with van der Waals surface area (Å²) in [6.07, 6.45) is -0.214. The number of H-pyrrole nitrogens is 1. The Morgan fingerprint density at radius 1 is 1.09 bits per heavy atom. The van der Waals surface area contributed by atoms with Gasteiger partial charge >= 0.3 is 5.97 Å². The highest BCUT2D eigenvalue weighted by atomic mass is 35.5. The minimum absolute atomic E-state index is 0.00859. The van der Waals surface area contributed by atoms with Crippen LogP contribution in [0.1, 0.15) is 35.2 Å². The third-order valence-corrected chi connectivity index (χ3v) is 5.29. The largest absolute Gasteiger partial charge is 0.462 e. The minimum atomic E-state index is -1.05. The first-order chi connectivity index (χ1) is 16.3. The van der Waals surface area contributed by atoms with Gasteiger partial charge in [0.05, 0.1) is 23.7 Å². The van der Waals surface area contributed by atoms with Crippen LogP contribution in [0.5, 0.6) is 0 Å². The van der Waals surface area contributed by atoms with Gasteiger partial charge in [0.25, 0.3) is 5.56 Å². The molecule has 1 atom stereocenters. The number of aromatic amines is 1. The van der Waals surface area contributed by atoms with Crippen LogP contribution >= 0.6 is 11.6 Å². The van der Waals surface area contributed by atoms with E-state index in [9.17, 15) is 19.2 Å². The summed E-state index contributed by atoms with van der Waals surface area (Å²) < 4.78 is 4.93. The van der Waals surface area contributed by atoms with Crippen LogP contribution < -0.4 is 21.5 Å². The van der Waals surface area contributed by atoms with Gasteiger partial charge in [0.2, 0.25) is 17.8 Å². The summed E-state index contributed by atoms with van der Waals surface area (Å²) in [7, 11) is 0. The molecule has 0 spiro atoms. The standard InChI is InChI=1S/C23H20ClN5O5/c1-2-34-22(33)12-3-7-14(8-4-12)25-20(31)16-11-17(30)27-19-18(16)21(32)29-23(28-19)26-15-9-5-13(24)6-10-15/h3-10,16H,2,11H2,1H3,(H,25,31)(H3,26,27,28,29,30,32)/t16-/m1/s1. The number of nitrogens with one attached hydrogen (secondary N) is 4. The number of anilines is 4. The summed E-state index contributed by atoms with van der Waals surface area (Å²) in [6.45, 7) is 1.96. The molecular formula is C23H20ClN5O5. The lowest BCUT2D eigenvalue weighted by Crippen LogP contribution is -2.36.